The molecular weight excluding hydrogens is 442 g/mol. The molecule has 0 atom stereocenters. The first-order valence-corrected chi connectivity index (χ1v) is 9.30. The average Bonchev–Trinajstić information content (AvgIpc) is 3.23. The third-order valence-electron chi connectivity index (χ3n) is 3.95. The van der Waals surface area contributed by atoms with Gasteiger partial charge in [-0.2, -0.15) is 5.10 Å². The number of esters is 1. The van der Waals surface area contributed by atoms with Crippen molar-refractivity contribution in [2.75, 3.05) is 26.1 Å². The zero-order valence-electron chi connectivity index (χ0n) is 15.7. The van der Waals surface area contributed by atoms with Gasteiger partial charge in [0, 0.05) is 16.1 Å². The maximum Gasteiger partial charge on any atom is 0.356 e. The lowest BCUT2D eigenvalue weighted by atomic mass is 10.1. The van der Waals surface area contributed by atoms with Gasteiger partial charge in [0.15, 0.2) is 6.61 Å². The van der Waals surface area contributed by atoms with Crippen LogP contribution in [-0.2, 0) is 9.53 Å². The van der Waals surface area contributed by atoms with Crippen molar-refractivity contribution in [2.24, 2.45) is 0 Å². The lowest BCUT2D eigenvalue weighted by Gasteiger charge is -2.11. The zero-order chi connectivity index (χ0) is 20.8. The van der Waals surface area contributed by atoms with Crippen LogP contribution in [-0.4, -0.2) is 42.9 Å². The highest BCUT2D eigenvalue weighted by atomic mass is 79.9. The lowest BCUT2D eigenvalue weighted by Crippen LogP contribution is -2.21. The fourth-order valence-corrected chi connectivity index (χ4v) is 2.77. The van der Waals surface area contributed by atoms with Crippen molar-refractivity contribution in [3.63, 3.8) is 0 Å². The lowest BCUT2D eigenvalue weighted by molar-refractivity contribution is -0.119. The van der Waals surface area contributed by atoms with Gasteiger partial charge in [0.05, 0.1) is 25.6 Å². The Morgan fingerprint density at radius 1 is 1.07 bits per heavy atom. The first-order valence-electron chi connectivity index (χ1n) is 8.50. The molecule has 0 fully saturated rings. The number of methoxy groups -OCH3 is 2. The molecule has 0 aliphatic heterocycles. The maximum atomic E-state index is 12.2. The van der Waals surface area contributed by atoms with Gasteiger partial charge in [-0.1, -0.05) is 28.1 Å². The molecule has 1 heterocycles. The number of anilines is 1. The summed E-state index contributed by atoms with van der Waals surface area (Å²) in [6.45, 7) is -0.466. The molecule has 3 rings (SSSR count). The predicted molar refractivity (Wildman–Crippen MR) is 110 cm³/mol. The Hall–Kier alpha value is -3.33. The van der Waals surface area contributed by atoms with Gasteiger partial charge in [-0.05, 0) is 30.3 Å². The molecule has 150 valence electrons. The second-order valence-electron chi connectivity index (χ2n) is 5.86. The van der Waals surface area contributed by atoms with Gasteiger partial charge < -0.3 is 19.5 Å². The molecule has 2 N–H and O–H groups in total. The summed E-state index contributed by atoms with van der Waals surface area (Å²) in [7, 11) is 3.00. The third-order valence-corrected chi connectivity index (χ3v) is 4.48. The number of nitrogens with zero attached hydrogens (tertiary/aromatic N) is 1. The van der Waals surface area contributed by atoms with Gasteiger partial charge in [-0.3, -0.25) is 9.89 Å². The molecule has 29 heavy (non-hydrogen) atoms. The van der Waals surface area contributed by atoms with E-state index in [-0.39, 0.29) is 5.69 Å². The van der Waals surface area contributed by atoms with Crippen molar-refractivity contribution in [1.29, 1.82) is 0 Å². The molecule has 0 radical (unpaired) electrons. The second-order valence-corrected chi connectivity index (χ2v) is 6.78. The predicted octanol–water partition coefficient (Wildman–Crippen LogP) is 3.65. The van der Waals surface area contributed by atoms with Crippen LogP contribution in [0, 0.1) is 0 Å². The van der Waals surface area contributed by atoms with Crippen molar-refractivity contribution in [3.05, 3.63) is 58.7 Å². The number of carbonyl (C=O) groups excluding carboxylic acids is 2. The van der Waals surface area contributed by atoms with Crippen molar-refractivity contribution in [3.8, 4) is 22.8 Å². The highest BCUT2D eigenvalue weighted by molar-refractivity contribution is 9.10. The van der Waals surface area contributed by atoms with Crippen LogP contribution in [0.5, 0.6) is 11.5 Å². The minimum Gasteiger partial charge on any atom is -0.497 e. The Bertz CT molecular complexity index is 1020. The van der Waals surface area contributed by atoms with Gasteiger partial charge >= 0.3 is 5.97 Å². The summed E-state index contributed by atoms with van der Waals surface area (Å²) in [6, 6.07) is 14.0. The molecule has 0 aliphatic rings. The molecule has 0 saturated carbocycles. The van der Waals surface area contributed by atoms with E-state index in [0.29, 0.717) is 22.9 Å². The van der Waals surface area contributed by atoms with Crippen molar-refractivity contribution in [1.82, 2.24) is 10.2 Å². The van der Waals surface area contributed by atoms with Gasteiger partial charge in [0.2, 0.25) is 0 Å². The molecule has 8 nitrogen and oxygen atoms in total. The molecular formula is C20H18BrN3O5. The van der Waals surface area contributed by atoms with Crippen molar-refractivity contribution < 1.29 is 23.8 Å². The van der Waals surface area contributed by atoms with E-state index in [0.717, 1.165) is 10.0 Å². The number of rotatable bonds is 7. The molecule has 9 heteroatoms. The number of aromatic nitrogens is 2. The number of halogens is 1. The quantitative estimate of drug-likeness (QED) is 0.522. The number of benzene rings is 2. The topological polar surface area (TPSA) is 103 Å². The van der Waals surface area contributed by atoms with Gasteiger partial charge in [-0.15, -0.1) is 0 Å². The van der Waals surface area contributed by atoms with Gasteiger partial charge in [0.1, 0.15) is 17.2 Å². The maximum absolute atomic E-state index is 12.2. The van der Waals surface area contributed by atoms with E-state index < -0.39 is 18.5 Å². The summed E-state index contributed by atoms with van der Waals surface area (Å²) in [5, 5.41) is 9.35. The normalized spacial score (nSPS) is 10.3. The average molecular weight is 460 g/mol. The van der Waals surface area contributed by atoms with E-state index >= 15 is 0 Å². The summed E-state index contributed by atoms with van der Waals surface area (Å²) in [5.74, 6) is -0.194. The number of carbonyl (C=O) groups is 2. The van der Waals surface area contributed by atoms with E-state index in [1.807, 2.05) is 24.3 Å². The van der Waals surface area contributed by atoms with Crippen LogP contribution >= 0.6 is 15.9 Å². The van der Waals surface area contributed by atoms with Gasteiger partial charge in [-0.25, -0.2) is 4.79 Å². The Kier molecular flexibility index (Phi) is 6.50. The fraction of sp³-hybridized carbons (Fsp3) is 0.150. The first-order chi connectivity index (χ1) is 14.0. The highest BCUT2D eigenvalue weighted by Crippen LogP contribution is 2.28. The molecule has 0 saturated heterocycles. The summed E-state index contributed by atoms with van der Waals surface area (Å²) < 4.78 is 16.3. The van der Waals surface area contributed by atoms with E-state index in [2.05, 4.69) is 31.4 Å². The van der Waals surface area contributed by atoms with Crippen LogP contribution in [0.1, 0.15) is 10.5 Å². The Labute approximate surface area is 175 Å². The second kappa shape index (κ2) is 9.24. The molecule has 0 bridgehead atoms. The number of amides is 1. The van der Waals surface area contributed by atoms with Crippen molar-refractivity contribution in [2.45, 2.75) is 0 Å². The van der Waals surface area contributed by atoms with E-state index in [1.54, 1.807) is 24.3 Å². The molecule has 0 unspecified atom stereocenters. The molecule has 2 aromatic carbocycles. The number of nitrogens with one attached hydrogen (secondary N) is 2. The molecule has 1 aromatic heterocycles. The number of hydrogen-bond donors (Lipinski definition) is 2. The molecule has 0 aliphatic carbocycles. The van der Waals surface area contributed by atoms with Gasteiger partial charge in [0.25, 0.3) is 5.91 Å². The third kappa shape index (κ3) is 5.14. The number of hydrogen-bond acceptors (Lipinski definition) is 6. The number of aromatic amines is 1. The molecule has 1 amide bonds. The number of H-pyrrole nitrogens is 1. The summed E-state index contributed by atoms with van der Waals surface area (Å²) >= 11 is 3.37. The van der Waals surface area contributed by atoms with Crippen LogP contribution in [0.15, 0.2) is 53.0 Å². The smallest absolute Gasteiger partial charge is 0.356 e. The minimum atomic E-state index is -0.686. The zero-order valence-corrected chi connectivity index (χ0v) is 17.3. The summed E-state index contributed by atoms with van der Waals surface area (Å²) in [5.41, 5.74) is 1.99. The van der Waals surface area contributed by atoms with Crippen molar-refractivity contribution >= 4 is 33.5 Å². The highest BCUT2D eigenvalue weighted by Gasteiger charge is 2.15. The molecule has 0 spiro atoms. The Morgan fingerprint density at radius 2 is 1.83 bits per heavy atom. The first kappa shape index (κ1) is 20.4. The van der Waals surface area contributed by atoms with Crippen LogP contribution in [0.4, 0.5) is 5.69 Å². The van der Waals surface area contributed by atoms with E-state index in [1.165, 1.54) is 14.2 Å². The standard InChI is InChI=1S/C20H18BrN3O5/c1-27-14-7-8-18(28-2)16(9-14)22-19(25)11-29-20(26)17-10-15(23-24-17)12-3-5-13(21)6-4-12/h3-10H,11H2,1-2H3,(H,22,25)(H,23,24). The molecule has 3 aromatic rings. The number of ether oxygens (including phenoxy) is 3. The summed E-state index contributed by atoms with van der Waals surface area (Å²) in [6.07, 6.45) is 0. The van der Waals surface area contributed by atoms with Crippen LogP contribution in [0.2, 0.25) is 0 Å². The Morgan fingerprint density at radius 3 is 2.52 bits per heavy atom. The monoisotopic (exact) mass is 459 g/mol. The Balaban J connectivity index is 1.59. The SMILES string of the molecule is COc1ccc(OC)c(NC(=O)COC(=O)c2cc(-c3ccc(Br)cc3)n[nH]2)c1. The van der Waals surface area contributed by atoms with E-state index in [4.69, 9.17) is 14.2 Å². The van der Waals surface area contributed by atoms with Crippen LogP contribution in [0.3, 0.4) is 0 Å². The van der Waals surface area contributed by atoms with Crippen LogP contribution < -0.4 is 14.8 Å². The fourth-order valence-electron chi connectivity index (χ4n) is 2.50. The summed E-state index contributed by atoms with van der Waals surface area (Å²) in [4.78, 5) is 24.4. The van der Waals surface area contributed by atoms with Crippen LogP contribution in [0.25, 0.3) is 11.3 Å². The minimum absolute atomic E-state index is 0.148. The largest absolute Gasteiger partial charge is 0.497 e. The van der Waals surface area contributed by atoms with E-state index in [9.17, 15) is 9.59 Å².